The molecule has 1 amide bonds. The molecule has 1 saturated carbocycles. The minimum absolute atomic E-state index is 0.197. The SMILES string of the molecule is O=C(Nc1ncccc1OCC1CCCCC1)c1cc(-c2ccccc2)on1. The molecule has 3 aromatic rings. The van der Waals surface area contributed by atoms with E-state index in [1.807, 2.05) is 36.4 Å². The highest BCUT2D eigenvalue weighted by Crippen LogP contribution is 2.27. The zero-order valence-electron chi connectivity index (χ0n) is 15.6. The summed E-state index contributed by atoms with van der Waals surface area (Å²) in [5, 5.41) is 6.66. The molecule has 1 aromatic carbocycles. The largest absolute Gasteiger partial charge is 0.489 e. The van der Waals surface area contributed by atoms with Crippen molar-refractivity contribution in [2.75, 3.05) is 11.9 Å². The molecule has 1 N–H and O–H groups in total. The van der Waals surface area contributed by atoms with Gasteiger partial charge in [0.25, 0.3) is 5.91 Å². The number of amides is 1. The summed E-state index contributed by atoms with van der Waals surface area (Å²) in [6.07, 6.45) is 7.86. The Kier molecular flexibility index (Phi) is 5.66. The van der Waals surface area contributed by atoms with Gasteiger partial charge in [0.05, 0.1) is 6.61 Å². The van der Waals surface area contributed by atoms with Gasteiger partial charge in [-0.2, -0.15) is 0 Å². The Morgan fingerprint density at radius 3 is 2.75 bits per heavy atom. The van der Waals surface area contributed by atoms with Gasteiger partial charge in [-0.15, -0.1) is 0 Å². The highest BCUT2D eigenvalue weighted by molar-refractivity contribution is 6.03. The zero-order chi connectivity index (χ0) is 19.2. The van der Waals surface area contributed by atoms with Crippen LogP contribution in [0.1, 0.15) is 42.6 Å². The predicted molar refractivity (Wildman–Crippen MR) is 106 cm³/mol. The standard InChI is InChI=1S/C22H23N3O3/c26-22(18-14-20(28-25-18)17-10-5-2-6-11-17)24-21-19(12-7-13-23-21)27-15-16-8-3-1-4-9-16/h2,5-7,10-14,16H,1,3-4,8-9,15H2,(H,23,24,26). The van der Waals surface area contributed by atoms with E-state index in [-0.39, 0.29) is 11.6 Å². The lowest BCUT2D eigenvalue weighted by Gasteiger charge is -2.22. The first-order valence-corrected chi connectivity index (χ1v) is 9.71. The molecule has 1 fully saturated rings. The first kappa shape index (κ1) is 18.2. The van der Waals surface area contributed by atoms with Crippen LogP contribution in [0.4, 0.5) is 5.82 Å². The molecule has 2 aromatic heterocycles. The van der Waals surface area contributed by atoms with Crippen LogP contribution in [0.15, 0.2) is 59.3 Å². The van der Waals surface area contributed by atoms with Gasteiger partial charge in [-0.05, 0) is 30.9 Å². The van der Waals surface area contributed by atoms with Crippen LogP contribution in [0.2, 0.25) is 0 Å². The van der Waals surface area contributed by atoms with Crippen LogP contribution >= 0.6 is 0 Å². The summed E-state index contributed by atoms with van der Waals surface area (Å²) in [6.45, 7) is 0.649. The number of aromatic nitrogens is 2. The van der Waals surface area contributed by atoms with Crippen LogP contribution in [-0.2, 0) is 0 Å². The fourth-order valence-electron chi connectivity index (χ4n) is 3.45. The zero-order valence-corrected chi connectivity index (χ0v) is 15.6. The lowest BCUT2D eigenvalue weighted by molar-refractivity contribution is 0.101. The van der Waals surface area contributed by atoms with Crippen LogP contribution in [0.5, 0.6) is 5.75 Å². The van der Waals surface area contributed by atoms with Crippen molar-refractivity contribution >= 4 is 11.7 Å². The normalized spacial score (nSPS) is 14.6. The number of nitrogens with zero attached hydrogens (tertiary/aromatic N) is 2. The second-order valence-corrected chi connectivity index (χ2v) is 7.06. The topological polar surface area (TPSA) is 77.2 Å². The van der Waals surface area contributed by atoms with Crippen molar-refractivity contribution in [2.24, 2.45) is 5.92 Å². The number of hydrogen-bond donors (Lipinski definition) is 1. The summed E-state index contributed by atoms with van der Waals surface area (Å²) in [4.78, 5) is 16.8. The van der Waals surface area contributed by atoms with Gasteiger partial charge in [0.1, 0.15) is 0 Å². The van der Waals surface area contributed by atoms with Gasteiger partial charge in [-0.1, -0.05) is 54.8 Å². The highest BCUT2D eigenvalue weighted by Gasteiger charge is 2.18. The second-order valence-electron chi connectivity index (χ2n) is 7.06. The fourth-order valence-corrected chi connectivity index (χ4v) is 3.45. The van der Waals surface area contributed by atoms with Crippen molar-refractivity contribution in [2.45, 2.75) is 32.1 Å². The third kappa shape index (κ3) is 4.39. The van der Waals surface area contributed by atoms with Crippen LogP contribution in [0, 0.1) is 5.92 Å². The highest BCUT2D eigenvalue weighted by atomic mass is 16.5. The number of anilines is 1. The molecule has 4 rings (SSSR count). The van der Waals surface area contributed by atoms with E-state index in [1.165, 1.54) is 32.1 Å². The lowest BCUT2D eigenvalue weighted by Crippen LogP contribution is -2.18. The number of carbonyl (C=O) groups is 1. The Balaban J connectivity index is 1.42. The van der Waals surface area contributed by atoms with Crippen LogP contribution in [-0.4, -0.2) is 22.7 Å². The Labute approximate surface area is 163 Å². The molecule has 0 unspecified atom stereocenters. The molecule has 0 atom stereocenters. The second kappa shape index (κ2) is 8.69. The van der Waals surface area contributed by atoms with Crippen LogP contribution in [0.25, 0.3) is 11.3 Å². The Morgan fingerprint density at radius 2 is 1.93 bits per heavy atom. The summed E-state index contributed by atoms with van der Waals surface area (Å²) in [5.74, 6) is 1.70. The van der Waals surface area contributed by atoms with E-state index >= 15 is 0 Å². The number of carbonyl (C=O) groups excluding carboxylic acids is 1. The predicted octanol–water partition coefficient (Wildman–Crippen LogP) is 4.95. The number of pyridine rings is 1. The average molecular weight is 377 g/mol. The van der Waals surface area contributed by atoms with E-state index in [0.29, 0.717) is 29.9 Å². The van der Waals surface area contributed by atoms with Crippen LogP contribution < -0.4 is 10.1 Å². The maximum absolute atomic E-state index is 12.6. The van der Waals surface area contributed by atoms with Crippen molar-refractivity contribution in [3.63, 3.8) is 0 Å². The van der Waals surface area contributed by atoms with E-state index in [4.69, 9.17) is 9.26 Å². The summed E-state index contributed by atoms with van der Waals surface area (Å²) >= 11 is 0. The lowest BCUT2D eigenvalue weighted by atomic mass is 9.90. The Morgan fingerprint density at radius 1 is 1.11 bits per heavy atom. The smallest absolute Gasteiger partial charge is 0.279 e. The summed E-state index contributed by atoms with van der Waals surface area (Å²) < 4.78 is 11.3. The number of benzene rings is 1. The Hall–Kier alpha value is -3.15. The maximum atomic E-state index is 12.6. The number of hydrogen-bond acceptors (Lipinski definition) is 5. The van der Waals surface area contributed by atoms with Crippen molar-refractivity contribution < 1.29 is 14.1 Å². The molecule has 0 saturated heterocycles. The molecule has 1 aliphatic rings. The van der Waals surface area contributed by atoms with Crippen LogP contribution in [0.3, 0.4) is 0 Å². The van der Waals surface area contributed by atoms with Gasteiger partial charge in [-0.25, -0.2) is 4.98 Å². The van der Waals surface area contributed by atoms with E-state index in [0.717, 1.165) is 5.56 Å². The van der Waals surface area contributed by atoms with Crippen molar-refractivity contribution in [3.05, 3.63) is 60.4 Å². The van der Waals surface area contributed by atoms with Crippen molar-refractivity contribution in [3.8, 4) is 17.1 Å². The number of ether oxygens (including phenoxy) is 1. The molecule has 28 heavy (non-hydrogen) atoms. The van der Waals surface area contributed by atoms with E-state index in [1.54, 1.807) is 18.3 Å². The van der Waals surface area contributed by atoms with Crippen molar-refractivity contribution in [1.82, 2.24) is 10.1 Å². The minimum atomic E-state index is -0.382. The molecular formula is C22H23N3O3. The van der Waals surface area contributed by atoms with Gasteiger partial charge in [0.2, 0.25) is 0 Å². The van der Waals surface area contributed by atoms with Gasteiger partial charge in [0, 0.05) is 17.8 Å². The monoisotopic (exact) mass is 377 g/mol. The third-order valence-electron chi connectivity index (χ3n) is 5.00. The molecule has 6 heteroatoms. The average Bonchev–Trinajstić information content (AvgIpc) is 3.25. The maximum Gasteiger partial charge on any atom is 0.279 e. The molecule has 0 spiro atoms. The van der Waals surface area contributed by atoms with Gasteiger partial charge in [0.15, 0.2) is 23.0 Å². The van der Waals surface area contributed by atoms with Crippen molar-refractivity contribution in [1.29, 1.82) is 0 Å². The molecule has 0 aliphatic heterocycles. The molecule has 1 aliphatic carbocycles. The van der Waals surface area contributed by atoms with E-state index in [9.17, 15) is 4.79 Å². The first-order chi connectivity index (χ1) is 13.8. The quantitative estimate of drug-likeness (QED) is 0.658. The number of nitrogens with one attached hydrogen (secondary N) is 1. The molecular weight excluding hydrogens is 354 g/mol. The Bertz CT molecular complexity index is 918. The molecule has 2 heterocycles. The summed E-state index contributed by atoms with van der Waals surface area (Å²) in [7, 11) is 0. The third-order valence-corrected chi connectivity index (χ3v) is 5.00. The first-order valence-electron chi connectivity index (χ1n) is 9.71. The van der Waals surface area contributed by atoms with Gasteiger partial charge < -0.3 is 14.6 Å². The minimum Gasteiger partial charge on any atom is -0.489 e. The summed E-state index contributed by atoms with van der Waals surface area (Å²) in [5.41, 5.74) is 1.06. The number of rotatable bonds is 6. The summed E-state index contributed by atoms with van der Waals surface area (Å²) in [6, 6.07) is 14.8. The molecule has 0 radical (unpaired) electrons. The molecule has 0 bridgehead atoms. The molecule has 144 valence electrons. The fraction of sp³-hybridized carbons (Fsp3) is 0.318. The molecule has 6 nitrogen and oxygen atoms in total. The van der Waals surface area contributed by atoms with E-state index in [2.05, 4.69) is 15.5 Å². The van der Waals surface area contributed by atoms with Gasteiger partial charge in [-0.3, -0.25) is 4.79 Å². The van der Waals surface area contributed by atoms with E-state index < -0.39 is 0 Å². The van der Waals surface area contributed by atoms with Gasteiger partial charge >= 0.3 is 0 Å².